The van der Waals surface area contributed by atoms with Gasteiger partial charge in [-0.15, -0.1) is 0 Å². The van der Waals surface area contributed by atoms with Gasteiger partial charge in [-0.3, -0.25) is 14.6 Å². The van der Waals surface area contributed by atoms with Crippen LogP contribution in [0.4, 0.5) is 8.78 Å². The molecule has 0 aliphatic carbocycles. The molecule has 0 unspecified atom stereocenters. The van der Waals surface area contributed by atoms with E-state index in [1.54, 1.807) is 12.1 Å². The average Bonchev–Trinajstić information content (AvgIpc) is 3.13. The maximum absolute atomic E-state index is 13.7. The van der Waals surface area contributed by atoms with E-state index in [0.717, 1.165) is 6.20 Å². The average molecular weight is 368 g/mol. The van der Waals surface area contributed by atoms with Gasteiger partial charge in [0.05, 0.1) is 23.4 Å². The number of fused-ring (bicyclic) bond motifs is 3. The van der Waals surface area contributed by atoms with Crippen molar-refractivity contribution in [1.82, 2.24) is 19.2 Å². The van der Waals surface area contributed by atoms with Crippen molar-refractivity contribution in [3.05, 3.63) is 76.5 Å². The van der Waals surface area contributed by atoms with Crippen LogP contribution in [-0.2, 0) is 17.8 Å². The summed E-state index contributed by atoms with van der Waals surface area (Å²) in [6.45, 7) is 0.0977. The minimum Gasteiger partial charge on any atom is -0.304 e. The van der Waals surface area contributed by atoms with Crippen molar-refractivity contribution >= 4 is 22.3 Å². The highest BCUT2D eigenvalue weighted by atomic mass is 19.1. The molecule has 0 saturated heterocycles. The molecule has 4 aromatic rings. The summed E-state index contributed by atoms with van der Waals surface area (Å²) < 4.78 is 29.5. The van der Waals surface area contributed by atoms with Gasteiger partial charge in [0.1, 0.15) is 22.9 Å². The van der Waals surface area contributed by atoms with Crippen LogP contribution in [0, 0.1) is 11.6 Å². The van der Waals surface area contributed by atoms with Gasteiger partial charge in [-0.05, 0) is 36.4 Å². The smallest absolute Gasteiger partial charge is 0.277 e. The van der Waals surface area contributed by atoms with Crippen LogP contribution >= 0.6 is 0 Å². The van der Waals surface area contributed by atoms with E-state index in [1.165, 1.54) is 39.5 Å². The summed E-state index contributed by atoms with van der Waals surface area (Å²) in [5.41, 5.74) is 1.39. The normalized spacial score (nSPS) is 11.3. The highest BCUT2D eigenvalue weighted by Gasteiger charge is 2.14. The highest BCUT2D eigenvalue weighted by Crippen LogP contribution is 2.16. The molecule has 4 rings (SSSR count). The van der Waals surface area contributed by atoms with Gasteiger partial charge < -0.3 is 4.57 Å². The van der Waals surface area contributed by atoms with Crippen molar-refractivity contribution in [2.24, 2.45) is 0 Å². The van der Waals surface area contributed by atoms with E-state index in [2.05, 4.69) is 10.1 Å². The van der Waals surface area contributed by atoms with Crippen molar-refractivity contribution in [2.45, 2.75) is 19.4 Å². The zero-order valence-corrected chi connectivity index (χ0v) is 14.1. The molecule has 0 aliphatic rings. The highest BCUT2D eigenvalue weighted by molar-refractivity contribution is 5.81. The van der Waals surface area contributed by atoms with Crippen molar-refractivity contribution < 1.29 is 13.6 Å². The number of pyridine rings is 1. The fourth-order valence-electron chi connectivity index (χ4n) is 3.06. The number of Topliss-reactive ketones (excluding diaryl/α,β-unsaturated/α-hetero) is 1. The number of aryl methyl sites for hydroxylation is 1. The zero-order chi connectivity index (χ0) is 19.0. The number of rotatable bonds is 5. The Morgan fingerprint density at radius 2 is 1.81 bits per heavy atom. The molecular weight excluding hydrogens is 354 g/mol. The Morgan fingerprint density at radius 3 is 2.59 bits per heavy atom. The van der Waals surface area contributed by atoms with Crippen molar-refractivity contribution in [3.8, 4) is 0 Å². The summed E-state index contributed by atoms with van der Waals surface area (Å²) in [7, 11) is 0. The van der Waals surface area contributed by atoms with Crippen LogP contribution in [0.5, 0.6) is 0 Å². The summed E-state index contributed by atoms with van der Waals surface area (Å²) in [6.07, 6.45) is 2.65. The number of halogens is 2. The maximum atomic E-state index is 13.7. The van der Waals surface area contributed by atoms with Gasteiger partial charge in [0, 0.05) is 25.1 Å². The molecule has 0 bridgehead atoms. The Bertz CT molecular complexity index is 1210. The molecule has 0 spiro atoms. The molecule has 27 heavy (non-hydrogen) atoms. The first-order chi connectivity index (χ1) is 13.0. The Kier molecular flexibility index (Phi) is 4.23. The molecule has 3 aromatic heterocycles. The Hall–Kier alpha value is -3.42. The van der Waals surface area contributed by atoms with Crippen LogP contribution in [0.15, 0.2) is 53.6 Å². The van der Waals surface area contributed by atoms with Gasteiger partial charge in [0.25, 0.3) is 5.56 Å². The minimum atomic E-state index is -0.482. The third-order valence-electron chi connectivity index (χ3n) is 4.34. The first-order valence-corrected chi connectivity index (χ1v) is 8.31. The van der Waals surface area contributed by atoms with Gasteiger partial charge in [-0.2, -0.15) is 5.10 Å². The molecule has 8 heteroatoms. The van der Waals surface area contributed by atoms with Crippen LogP contribution in [0.2, 0.25) is 0 Å². The predicted octanol–water partition coefficient (Wildman–Crippen LogP) is 2.52. The second kappa shape index (κ2) is 6.71. The third-order valence-corrected chi connectivity index (χ3v) is 4.34. The Labute approximate surface area is 151 Å². The van der Waals surface area contributed by atoms with E-state index in [9.17, 15) is 18.4 Å². The van der Waals surface area contributed by atoms with Gasteiger partial charge in [-0.1, -0.05) is 0 Å². The quantitative estimate of drug-likeness (QED) is 0.543. The second-order valence-corrected chi connectivity index (χ2v) is 6.15. The fraction of sp³-hybridized carbons (Fsp3) is 0.158. The molecule has 0 N–H and O–H groups in total. The van der Waals surface area contributed by atoms with Gasteiger partial charge >= 0.3 is 0 Å². The van der Waals surface area contributed by atoms with Crippen LogP contribution < -0.4 is 5.56 Å². The van der Waals surface area contributed by atoms with E-state index < -0.39 is 11.6 Å². The molecule has 3 heterocycles. The maximum Gasteiger partial charge on any atom is 0.277 e. The Balaban J connectivity index is 1.65. The second-order valence-electron chi connectivity index (χ2n) is 6.15. The lowest BCUT2D eigenvalue weighted by Gasteiger charge is -2.11. The molecule has 6 nitrogen and oxygen atoms in total. The summed E-state index contributed by atoms with van der Waals surface area (Å²) >= 11 is 0. The molecular formula is C19H14F2N4O2. The number of hydrogen-bond donors (Lipinski definition) is 0. The van der Waals surface area contributed by atoms with Crippen LogP contribution in [0.3, 0.4) is 0 Å². The first-order valence-electron chi connectivity index (χ1n) is 8.31. The molecule has 0 saturated carbocycles. The molecule has 0 amide bonds. The summed E-state index contributed by atoms with van der Waals surface area (Å²) in [6, 6.07) is 8.36. The minimum absolute atomic E-state index is 0.0379. The first kappa shape index (κ1) is 17.0. The number of aromatic nitrogens is 4. The fourth-order valence-corrected chi connectivity index (χ4v) is 3.06. The van der Waals surface area contributed by atoms with E-state index in [4.69, 9.17) is 0 Å². The molecule has 0 fully saturated rings. The number of ketones is 1. The van der Waals surface area contributed by atoms with E-state index in [-0.39, 0.29) is 30.7 Å². The number of nitrogens with zero attached hydrogens (tertiary/aromatic N) is 4. The van der Waals surface area contributed by atoms with Crippen molar-refractivity contribution in [2.75, 3.05) is 0 Å². The summed E-state index contributed by atoms with van der Waals surface area (Å²) in [5.74, 6) is -1.11. The SMILES string of the molecule is O=C(CCn1c(=O)c2ccnn2c2ccc(F)cc21)Cc1ccc(F)cn1. The predicted molar refractivity (Wildman–Crippen MR) is 94.4 cm³/mol. The summed E-state index contributed by atoms with van der Waals surface area (Å²) in [5, 5.41) is 4.11. The van der Waals surface area contributed by atoms with Crippen LogP contribution in [-0.4, -0.2) is 24.9 Å². The largest absolute Gasteiger partial charge is 0.304 e. The summed E-state index contributed by atoms with van der Waals surface area (Å²) in [4.78, 5) is 28.9. The number of carbonyl (C=O) groups is 1. The van der Waals surface area contributed by atoms with Gasteiger partial charge in [0.15, 0.2) is 0 Å². The van der Waals surface area contributed by atoms with Crippen LogP contribution in [0.1, 0.15) is 12.1 Å². The topological polar surface area (TPSA) is 69.3 Å². The Morgan fingerprint density at radius 1 is 1.00 bits per heavy atom. The van der Waals surface area contributed by atoms with Crippen LogP contribution in [0.25, 0.3) is 16.6 Å². The monoisotopic (exact) mass is 368 g/mol. The molecule has 1 aromatic carbocycles. The van der Waals surface area contributed by atoms with E-state index >= 15 is 0 Å². The number of carbonyl (C=O) groups excluding carboxylic acids is 1. The van der Waals surface area contributed by atoms with E-state index in [1.807, 2.05) is 0 Å². The molecule has 0 radical (unpaired) electrons. The van der Waals surface area contributed by atoms with Crippen molar-refractivity contribution in [1.29, 1.82) is 0 Å². The van der Waals surface area contributed by atoms with E-state index in [0.29, 0.717) is 22.2 Å². The molecule has 136 valence electrons. The third kappa shape index (κ3) is 3.21. The standard InChI is InChI=1S/C19H14F2N4O2/c20-12-2-4-16-18(9-12)24(19(27)17-5-7-23-25(16)17)8-6-15(26)10-14-3-1-13(21)11-22-14/h1-5,7,9,11H,6,8,10H2. The lowest BCUT2D eigenvalue weighted by Crippen LogP contribution is -2.24. The molecule has 0 atom stereocenters. The number of hydrogen-bond acceptors (Lipinski definition) is 4. The number of benzene rings is 1. The van der Waals surface area contributed by atoms with Gasteiger partial charge in [-0.25, -0.2) is 13.3 Å². The van der Waals surface area contributed by atoms with Crippen molar-refractivity contribution in [3.63, 3.8) is 0 Å². The lowest BCUT2D eigenvalue weighted by molar-refractivity contribution is -0.118. The molecule has 0 aliphatic heterocycles. The lowest BCUT2D eigenvalue weighted by atomic mass is 10.1. The van der Waals surface area contributed by atoms with Gasteiger partial charge in [0.2, 0.25) is 0 Å². The zero-order valence-electron chi connectivity index (χ0n) is 14.1.